The van der Waals surface area contributed by atoms with Crippen LogP contribution >= 0.6 is 12.4 Å². The summed E-state index contributed by atoms with van der Waals surface area (Å²) in [6.45, 7) is 4.55. The van der Waals surface area contributed by atoms with Crippen LogP contribution in [0.4, 0.5) is 5.69 Å². The number of H-pyrrole nitrogens is 2. The van der Waals surface area contributed by atoms with Crippen molar-refractivity contribution in [3.63, 3.8) is 0 Å². The second-order valence-corrected chi connectivity index (χ2v) is 12.3. The summed E-state index contributed by atoms with van der Waals surface area (Å²) in [5.74, 6) is -0.427. The number of hydrogen-bond acceptors (Lipinski definition) is 5. The summed E-state index contributed by atoms with van der Waals surface area (Å²) < 4.78 is 1.63. The molecule has 5 aromatic rings. The normalized spacial score (nSPS) is 17.3. The molecule has 0 unspecified atom stereocenters. The standard InChI is InChI=1S/C34H39N7O3.ClH/c1-20(2)41-34(44)28-14-12-25(16-30(28)39-41)23-7-3-21(4-8-23)15-31(32(36)42)40(27-13-11-26-19-37-38-29(26)17-27)33(43)24-9-5-22(18-35)6-10-24;/h3-4,7-8,11-14,16-17,19-20,22,24,31,39H,5-6,9-10,15,18,35H2,1-2H3,(H2,36,42)(H,37,38);1H/t22-,24-,31-;/m0./s1. The molecule has 0 saturated heterocycles. The van der Waals surface area contributed by atoms with E-state index in [0.29, 0.717) is 23.5 Å². The van der Waals surface area contributed by atoms with E-state index >= 15 is 0 Å². The molecule has 1 aliphatic rings. The maximum absolute atomic E-state index is 14.2. The van der Waals surface area contributed by atoms with E-state index < -0.39 is 11.9 Å². The Hall–Kier alpha value is -4.41. The van der Waals surface area contributed by atoms with E-state index in [2.05, 4.69) is 15.3 Å². The molecule has 45 heavy (non-hydrogen) atoms. The van der Waals surface area contributed by atoms with Gasteiger partial charge in [-0.25, -0.2) is 4.68 Å². The van der Waals surface area contributed by atoms with Crippen molar-refractivity contribution in [2.24, 2.45) is 23.3 Å². The van der Waals surface area contributed by atoms with Crippen molar-refractivity contribution in [3.05, 3.63) is 82.8 Å². The van der Waals surface area contributed by atoms with Gasteiger partial charge in [0.15, 0.2) is 0 Å². The van der Waals surface area contributed by atoms with Crippen LogP contribution in [0.2, 0.25) is 0 Å². The molecule has 0 bridgehead atoms. The van der Waals surface area contributed by atoms with E-state index in [1.807, 2.05) is 74.5 Å². The van der Waals surface area contributed by atoms with Gasteiger partial charge in [0.25, 0.3) is 5.56 Å². The zero-order valence-corrected chi connectivity index (χ0v) is 26.3. The lowest BCUT2D eigenvalue weighted by molar-refractivity contribution is -0.127. The Bertz CT molecular complexity index is 1870. The molecule has 1 fully saturated rings. The summed E-state index contributed by atoms with van der Waals surface area (Å²) in [6, 6.07) is 18.4. The molecule has 1 aliphatic carbocycles. The van der Waals surface area contributed by atoms with Gasteiger partial charge in [0.1, 0.15) is 6.04 Å². The van der Waals surface area contributed by atoms with Gasteiger partial charge in [0, 0.05) is 29.5 Å². The fourth-order valence-electron chi connectivity index (χ4n) is 6.43. The Balaban J connectivity index is 0.00000400. The summed E-state index contributed by atoms with van der Waals surface area (Å²) >= 11 is 0. The maximum Gasteiger partial charge on any atom is 0.274 e. The number of halogens is 1. The zero-order valence-electron chi connectivity index (χ0n) is 25.5. The SMILES string of the molecule is CC(C)n1[nH]c2cc(-c3ccc(C[C@@H](C(N)=O)N(c4ccc5cn[nH]c5c4)C(=O)[C@H]4CC[C@H](CN)CC4)cc3)ccc2c1=O.Cl. The molecule has 0 radical (unpaired) electrons. The highest BCUT2D eigenvalue weighted by atomic mass is 35.5. The van der Waals surface area contributed by atoms with Crippen molar-refractivity contribution in [2.75, 3.05) is 11.4 Å². The van der Waals surface area contributed by atoms with E-state index in [-0.39, 0.29) is 42.3 Å². The van der Waals surface area contributed by atoms with Gasteiger partial charge in [0.2, 0.25) is 11.8 Å². The third kappa shape index (κ3) is 6.39. The lowest BCUT2D eigenvalue weighted by atomic mass is 9.81. The van der Waals surface area contributed by atoms with Crippen LogP contribution in [0.15, 0.2) is 71.7 Å². The quantitative estimate of drug-likeness (QED) is 0.179. The van der Waals surface area contributed by atoms with Crippen molar-refractivity contribution < 1.29 is 9.59 Å². The van der Waals surface area contributed by atoms with Crippen LogP contribution in [0, 0.1) is 11.8 Å². The molecule has 6 N–H and O–H groups in total. The third-order valence-electron chi connectivity index (χ3n) is 9.05. The highest BCUT2D eigenvalue weighted by Crippen LogP contribution is 2.33. The van der Waals surface area contributed by atoms with Gasteiger partial charge in [-0.15, -0.1) is 12.4 Å². The van der Waals surface area contributed by atoms with Crippen LogP contribution in [-0.2, 0) is 16.0 Å². The second kappa shape index (κ2) is 13.3. The fourth-order valence-corrected chi connectivity index (χ4v) is 6.43. The summed E-state index contributed by atoms with van der Waals surface area (Å²) in [4.78, 5) is 41.5. The Morgan fingerprint density at radius 1 is 0.978 bits per heavy atom. The number of benzene rings is 3. The third-order valence-corrected chi connectivity index (χ3v) is 9.05. The number of carbonyl (C=O) groups is 2. The summed E-state index contributed by atoms with van der Waals surface area (Å²) in [5, 5.41) is 11.9. The van der Waals surface area contributed by atoms with E-state index in [0.717, 1.165) is 58.8 Å². The van der Waals surface area contributed by atoms with Crippen molar-refractivity contribution in [1.29, 1.82) is 0 Å². The van der Waals surface area contributed by atoms with E-state index in [1.165, 1.54) is 0 Å². The molecule has 2 aromatic heterocycles. The molecule has 236 valence electrons. The average molecular weight is 630 g/mol. The van der Waals surface area contributed by atoms with Crippen LogP contribution in [0.5, 0.6) is 0 Å². The van der Waals surface area contributed by atoms with Crippen molar-refractivity contribution >= 4 is 51.7 Å². The molecular formula is C34H40ClN7O3. The molecule has 11 heteroatoms. The number of nitrogens with zero attached hydrogens (tertiary/aromatic N) is 3. The first-order chi connectivity index (χ1) is 21.2. The molecule has 2 amide bonds. The van der Waals surface area contributed by atoms with Gasteiger partial charge in [-0.2, -0.15) is 5.10 Å². The van der Waals surface area contributed by atoms with Gasteiger partial charge >= 0.3 is 0 Å². The van der Waals surface area contributed by atoms with Gasteiger partial charge in [-0.1, -0.05) is 30.3 Å². The Labute approximate surface area is 267 Å². The number of rotatable bonds is 9. The molecule has 1 atom stereocenters. The molecule has 2 heterocycles. The number of anilines is 1. The molecule has 0 spiro atoms. The first-order valence-electron chi connectivity index (χ1n) is 15.3. The number of nitrogens with one attached hydrogen (secondary N) is 2. The predicted molar refractivity (Wildman–Crippen MR) is 180 cm³/mol. The minimum atomic E-state index is -0.877. The number of carbonyl (C=O) groups excluding carboxylic acids is 2. The lowest BCUT2D eigenvalue weighted by Gasteiger charge is -2.35. The van der Waals surface area contributed by atoms with Gasteiger partial charge in [-0.3, -0.25) is 29.5 Å². The van der Waals surface area contributed by atoms with Gasteiger partial charge in [-0.05, 0) is 99.0 Å². The van der Waals surface area contributed by atoms with Crippen molar-refractivity contribution in [2.45, 2.75) is 58.0 Å². The fraction of sp³-hybridized carbons (Fsp3) is 0.353. The zero-order chi connectivity index (χ0) is 31.0. The topological polar surface area (TPSA) is 156 Å². The van der Waals surface area contributed by atoms with E-state index in [9.17, 15) is 14.4 Å². The molecule has 6 rings (SSSR count). The highest BCUT2D eigenvalue weighted by Gasteiger charge is 2.36. The van der Waals surface area contributed by atoms with Crippen LogP contribution in [0.25, 0.3) is 32.9 Å². The minimum absolute atomic E-state index is 0. The number of primary amides is 1. The van der Waals surface area contributed by atoms with Crippen LogP contribution < -0.4 is 21.9 Å². The maximum atomic E-state index is 14.2. The minimum Gasteiger partial charge on any atom is -0.368 e. The van der Waals surface area contributed by atoms with Gasteiger partial charge in [0.05, 0.1) is 22.6 Å². The number of amides is 2. The van der Waals surface area contributed by atoms with Crippen LogP contribution in [0.3, 0.4) is 0 Å². The monoisotopic (exact) mass is 629 g/mol. The van der Waals surface area contributed by atoms with Crippen molar-refractivity contribution in [1.82, 2.24) is 20.0 Å². The Morgan fingerprint density at radius 3 is 2.36 bits per heavy atom. The number of hydrogen-bond donors (Lipinski definition) is 4. The molecule has 0 aliphatic heterocycles. The lowest BCUT2D eigenvalue weighted by Crippen LogP contribution is -2.52. The summed E-state index contributed by atoms with van der Waals surface area (Å²) in [6.07, 6.45) is 5.25. The predicted octanol–water partition coefficient (Wildman–Crippen LogP) is 5.07. The summed E-state index contributed by atoms with van der Waals surface area (Å²) in [5.41, 5.74) is 16.9. The summed E-state index contributed by atoms with van der Waals surface area (Å²) in [7, 11) is 0. The number of nitrogens with two attached hydrogens (primary N) is 2. The molecule has 1 saturated carbocycles. The molecular weight excluding hydrogens is 590 g/mol. The smallest absolute Gasteiger partial charge is 0.274 e. The Kier molecular flexibility index (Phi) is 9.45. The van der Waals surface area contributed by atoms with Crippen LogP contribution in [-0.4, -0.2) is 44.4 Å². The van der Waals surface area contributed by atoms with Crippen LogP contribution in [0.1, 0.15) is 51.1 Å². The van der Waals surface area contributed by atoms with Crippen molar-refractivity contribution in [3.8, 4) is 11.1 Å². The highest BCUT2D eigenvalue weighted by molar-refractivity contribution is 6.03. The number of aromatic nitrogens is 4. The number of fused-ring (bicyclic) bond motifs is 2. The average Bonchev–Trinajstić information content (AvgIpc) is 3.64. The first kappa shape index (κ1) is 32.0. The second-order valence-electron chi connectivity index (χ2n) is 12.3. The number of aromatic amines is 2. The molecule has 10 nitrogen and oxygen atoms in total. The van der Waals surface area contributed by atoms with Gasteiger partial charge < -0.3 is 11.5 Å². The van der Waals surface area contributed by atoms with E-state index in [4.69, 9.17) is 11.5 Å². The first-order valence-corrected chi connectivity index (χ1v) is 15.3. The van der Waals surface area contributed by atoms with E-state index in [1.54, 1.807) is 15.8 Å². The largest absolute Gasteiger partial charge is 0.368 e. The molecule has 3 aromatic carbocycles. The Morgan fingerprint density at radius 2 is 1.69 bits per heavy atom.